The molecule has 22 heavy (non-hydrogen) atoms. The average Bonchev–Trinajstić information content (AvgIpc) is 2.79. The maximum atomic E-state index is 14.2. The van der Waals surface area contributed by atoms with Crippen molar-refractivity contribution in [2.45, 2.75) is 13.5 Å². The molecule has 0 atom stereocenters. The molecule has 0 aliphatic rings. The van der Waals surface area contributed by atoms with E-state index < -0.39 is 22.5 Å². The Morgan fingerprint density at radius 1 is 1.55 bits per heavy atom. The number of benzene rings is 1. The molecule has 2 rings (SSSR count). The number of carboxylic acid groups (broad SMARTS) is 1. The van der Waals surface area contributed by atoms with Crippen LogP contribution in [0.2, 0.25) is 0 Å². The lowest BCUT2D eigenvalue weighted by atomic mass is 10.1. The van der Waals surface area contributed by atoms with E-state index in [1.54, 1.807) is 0 Å². The quantitative estimate of drug-likeness (QED) is 0.687. The summed E-state index contributed by atoms with van der Waals surface area (Å²) in [5.74, 6) is -0.871. The molecule has 116 valence electrons. The summed E-state index contributed by atoms with van der Waals surface area (Å²) in [5.41, 5.74) is -0.644. The van der Waals surface area contributed by atoms with Gasteiger partial charge < -0.3 is 14.4 Å². The van der Waals surface area contributed by atoms with Crippen LogP contribution in [-0.2, 0) is 6.54 Å². The van der Waals surface area contributed by atoms with Gasteiger partial charge in [0.2, 0.25) is 5.82 Å². The normalized spacial score (nSPS) is 10.5. The number of carbonyl (C=O) groups is 1. The Kier molecular flexibility index (Phi) is 4.06. The minimum Gasteiger partial charge on any atom is -0.465 e. The van der Waals surface area contributed by atoms with Crippen molar-refractivity contribution >= 4 is 11.8 Å². The fraction of sp³-hybridized carbons (Fsp3) is 0.231. The zero-order chi connectivity index (χ0) is 16.4. The Labute approximate surface area is 123 Å². The summed E-state index contributed by atoms with van der Waals surface area (Å²) < 4.78 is 19.5. The maximum Gasteiger partial charge on any atom is 0.407 e. The number of nitrogens with zero attached hydrogens (tertiary/aromatic N) is 3. The smallest absolute Gasteiger partial charge is 0.407 e. The van der Waals surface area contributed by atoms with Gasteiger partial charge in [-0.15, -0.1) is 0 Å². The lowest BCUT2D eigenvalue weighted by Crippen LogP contribution is -2.24. The summed E-state index contributed by atoms with van der Waals surface area (Å²) in [4.78, 5) is 25.8. The summed E-state index contributed by atoms with van der Waals surface area (Å²) in [6, 6.07) is 3.66. The Hall–Kier alpha value is -2.97. The minimum atomic E-state index is -1.19. The number of aryl methyl sites for hydroxylation is 1. The standard InChI is InChI=1S/C13H12FN3O5/c1-7-15-9(6-16(2)13(18)19)12(22-7)8-4-3-5-10(11(8)14)17(20)21/h3-5H,6H2,1-2H3,(H,18,19). The lowest BCUT2D eigenvalue weighted by Gasteiger charge is -2.11. The molecule has 1 N–H and O–H groups in total. The Balaban J connectivity index is 2.52. The minimum absolute atomic E-state index is 0.0215. The summed E-state index contributed by atoms with van der Waals surface area (Å²) in [7, 11) is 1.32. The highest BCUT2D eigenvalue weighted by molar-refractivity contribution is 5.67. The van der Waals surface area contributed by atoms with E-state index in [1.165, 1.54) is 26.1 Å². The van der Waals surface area contributed by atoms with Crippen LogP contribution in [0.1, 0.15) is 11.6 Å². The fourth-order valence-corrected chi connectivity index (χ4v) is 1.92. The van der Waals surface area contributed by atoms with Gasteiger partial charge in [-0.05, 0) is 6.07 Å². The third-order valence-corrected chi connectivity index (χ3v) is 2.94. The third kappa shape index (κ3) is 2.87. The highest BCUT2D eigenvalue weighted by Gasteiger charge is 2.24. The summed E-state index contributed by atoms with van der Waals surface area (Å²) in [5, 5.41) is 19.7. The molecule has 8 nitrogen and oxygen atoms in total. The second-order valence-electron chi connectivity index (χ2n) is 4.54. The Morgan fingerprint density at radius 3 is 2.82 bits per heavy atom. The molecule has 2 aromatic rings. The van der Waals surface area contributed by atoms with Crippen molar-refractivity contribution in [3.05, 3.63) is 45.7 Å². The predicted molar refractivity (Wildman–Crippen MR) is 72.8 cm³/mol. The molecule has 0 aliphatic carbocycles. The Morgan fingerprint density at radius 2 is 2.23 bits per heavy atom. The summed E-state index contributed by atoms with van der Waals surface area (Å²) in [6.45, 7) is 1.38. The second-order valence-corrected chi connectivity index (χ2v) is 4.54. The molecule has 0 saturated heterocycles. The highest BCUT2D eigenvalue weighted by Crippen LogP contribution is 2.32. The number of rotatable bonds is 4. The summed E-state index contributed by atoms with van der Waals surface area (Å²) in [6.07, 6.45) is -1.19. The molecule has 1 aromatic carbocycles. The first kappa shape index (κ1) is 15.4. The second kappa shape index (κ2) is 5.80. The molecule has 0 bridgehead atoms. The van der Waals surface area contributed by atoms with E-state index in [1.807, 2.05) is 0 Å². The molecular weight excluding hydrogens is 297 g/mol. The van der Waals surface area contributed by atoms with Crippen LogP contribution in [0.15, 0.2) is 22.6 Å². The number of hydrogen-bond acceptors (Lipinski definition) is 5. The van der Waals surface area contributed by atoms with Gasteiger partial charge in [-0.1, -0.05) is 6.07 Å². The zero-order valence-electron chi connectivity index (χ0n) is 11.7. The number of halogens is 1. The molecular formula is C13H12FN3O5. The number of nitro groups is 1. The first-order chi connectivity index (χ1) is 10.3. The number of aromatic nitrogens is 1. The third-order valence-electron chi connectivity index (χ3n) is 2.94. The number of amides is 1. The van der Waals surface area contributed by atoms with Crippen molar-refractivity contribution in [3.8, 4) is 11.3 Å². The van der Waals surface area contributed by atoms with E-state index in [4.69, 9.17) is 9.52 Å². The van der Waals surface area contributed by atoms with Crippen molar-refractivity contribution < 1.29 is 23.6 Å². The Bertz CT molecular complexity index is 743. The molecule has 0 unspecified atom stereocenters. The molecule has 1 heterocycles. The van der Waals surface area contributed by atoms with Gasteiger partial charge in [-0.25, -0.2) is 9.78 Å². The van der Waals surface area contributed by atoms with Crippen LogP contribution < -0.4 is 0 Å². The molecule has 0 radical (unpaired) electrons. The van der Waals surface area contributed by atoms with Crippen molar-refractivity contribution in [2.24, 2.45) is 0 Å². The van der Waals surface area contributed by atoms with Gasteiger partial charge in [0, 0.05) is 20.0 Å². The lowest BCUT2D eigenvalue weighted by molar-refractivity contribution is -0.387. The van der Waals surface area contributed by atoms with Gasteiger partial charge in [0.1, 0.15) is 5.69 Å². The van der Waals surface area contributed by atoms with Gasteiger partial charge in [-0.3, -0.25) is 10.1 Å². The molecule has 0 saturated carbocycles. The molecule has 0 spiro atoms. The van der Waals surface area contributed by atoms with E-state index in [-0.39, 0.29) is 29.5 Å². The van der Waals surface area contributed by atoms with Crippen LogP contribution in [0.5, 0.6) is 0 Å². The van der Waals surface area contributed by atoms with Crippen LogP contribution in [-0.4, -0.2) is 33.1 Å². The number of hydrogen-bond donors (Lipinski definition) is 1. The van der Waals surface area contributed by atoms with Crippen molar-refractivity contribution in [1.29, 1.82) is 0 Å². The van der Waals surface area contributed by atoms with Crippen LogP contribution in [0.3, 0.4) is 0 Å². The van der Waals surface area contributed by atoms with E-state index in [2.05, 4.69) is 4.98 Å². The monoisotopic (exact) mass is 309 g/mol. The molecule has 0 aliphatic heterocycles. The molecule has 9 heteroatoms. The topological polar surface area (TPSA) is 110 Å². The van der Waals surface area contributed by atoms with E-state index >= 15 is 0 Å². The zero-order valence-corrected chi connectivity index (χ0v) is 11.7. The van der Waals surface area contributed by atoms with E-state index in [9.17, 15) is 19.3 Å². The molecule has 1 amide bonds. The first-order valence-electron chi connectivity index (χ1n) is 6.15. The van der Waals surface area contributed by atoms with Crippen molar-refractivity contribution in [2.75, 3.05) is 7.05 Å². The number of nitro benzene ring substituents is 1. The van der Waals surface area contributed by atoms with E-state index in [0.717, 1.165) is 11.0 Å². The van der Waals surface area contributed by atoms with Crippen molar-refractivity contribution in [1.82, 2.24) is 9.88 Å². The van der Waals surface area contributed by atoms with Crippen LogP contribution in [0.25, 0.3) is 11.3 Å². The van der Waals surface area contributed by atoms with Gasteiger partial charge in [0.15, 0.2) is 11.7 Å². The van der Waals surface area contributed by atoms with Crippen LogP contribution in [0.4, 0.5) is 14.9 Å². The van der Waals surface area contributed by atoms with Gasteiger partial charge in [-0.2, -0.15) is 4.39 Å². The van der Waals surface area contributed by atoms with Crippen LogP contribution >= 0.6 is 0 Å². The first-order valence-corrected chi connectivity index (χ1v) is 6.15. The van der Waals surface area contributed by atoms with E-state index in [0.29, 0.717) is 0 Å². The number of oxazole rings is 1. The maximum absolute atomic E-state index is 14.2. The predicted octanol–water partition coefficient (Wildman–Crippen LogP) is 2.81. The van der Waals surface area contributed by atoms with Gasteiger partial charge in [0.05, 0.1) is 17.0 Å². The molecule has 1 aromatic heterocycles. The van der Waals surface area contributed by atoms with Crippen molar-refractivity contribution in [3.63, 3.8) is 0 Å². The highest BCUT2D eigenvalue weighted by atomic mass is 19.1. The summed E-state index contributed by atoms with van der Waals surface area (Å²) >= 11 is 0. The van der Waals surface area contributed by atoms with Gasteiger partial charge >= 0.3 is 11.8 Å². The van der Waals surface area contributed by atoms with Gasteiger partial charge in [0.25, 0.3) is 0 Å². The average molecular weight is 309 g/mol. The SMILES string of the molecule is Cc1nc(CN(C)C(=O)O)c(-c2cccc([N+](=O)[O-])c2F)o1. The molecule has 0 fully saturated rings. The van der Waals surface area contributed by atoms with Crippen LogP contribution in [0, 0.1) is 22.9 Å². The fourth-order valence-electron chi connectivity index (χ4n) is 1.92. The largest absolute Gasteiger partial charge is 0.465 e.